The number of nitrogens with one attached hydrogen (secondary N) is 1. The molecule has 1 atom stereocenters. The second-order valence-electron chi connectivity index (χ2n) is 3.27. The maximum Gasteiger partial charge on any atom is 0.265 e. The van der Waals surface area contributed by atoms with Crippen molar-refractivity contribution in [2.75, 3.05) is 6.54 Å². The second-order valence-corrected chi connectivity index (χ2v) is 3.27. The summed E-state index contributed by atoms with van der Waals surface area (Å²) in [4.78, 5) is 0. The van der Waals surface area contributed by atoms with Crippen LogP contribution < -0.4 is 5.32 Å². The van der Waals surface area contributed by atoms with Crippen molar-refractivity contribution < 1.29 is 22.7 Å². The third kappa shape index (κ3) is 3.79. The maximum absolute atomic E-state index is 13.0. The third-order valence-corrected chi connectivity index (χ3v) is 1.97. The van der Waals surface area contributed by atoms with Gasteiger partial charge in [-0.05, 0) is 6.07 Å². The van der Waals surface area contributed by atoms with Crippen LogP contribution in [0.25, 0.3) is 0 Å². The number of benzene rings is 1. The van der Waals surface area contributed by atoms with Gasteiger partial charge in [0.2, 0.25) is 0 Å². The van der Waals surface area contributed by atoms with Gasteiger partial charge in [0.15, 0.2) is 0 Å². The summed E-state index contributed by atoms with van der Waals surface area (Å²) in [7, 11) is 0. The highest BCUT2D eigenvalue weighted by Crippen LogP contribution is 2.09. The molecule has 0 fully saturated rings. The van der Waals surface area contributed by atoms with E-state index in [1.807, 2.05) is 0 Å². The Bertz CT molecular complexity index is 346. The van der Waals surface area contributed by atoms with Gasteiger partial charge in [0, 0.05) is 24.7 Å². The van der Waals surface area contributed by atoms with Crippen LogP contribution in [0.4, 0.5) is 17.6 Å². The van der Waals surface area contributed by atoms with E-state index < -0.39 is 24.2 Å². The van der Waals surface area contributed by atoms with Crippen molar-refractivity contribution in [3.05, 3.63) is 35.4 Å². The highest BCUT2D eigenvalue weighted by atomic mass is 19.3. The number of aliphatic hydroxyl groups is 1. The minimum Gasteiger partial charge on any atom is -0.386 e. The first kappa shape index (κ1) is 12.9. The van der Waals surface area contributed by atoms with Crippen LogP contribution in [0.2, 0.25) is 0 Å². The van der Waals surface area contributed by atoms with Crippen LogP contribution in [0.5, 0.6) is 0 Å². The summed E-state index contributed by atoms with van der Waals surface area (Å²) in [6, 6.07) is 3.00. The van der Waals surface area contributed by atoms with Crippen LogP contribution in [0, 0.1) is 11.6 Å². The standard InChI is InChI=1S/C10H11F4NO/c11-7-2-1-6(8(12)3-7)4-15-5-9(16)10(13)14/h1-3,9-10,15-16H,4-5H2. The second kappa shape index (κ2) is 5.81. The predicted octanol–water partition coefficient (Wildman–Crippen LogP) is 1.68. The van der Waals surface area contributed by atoms with Crippen LogP contribution in [0.3, 0.4) is 0 Å². The van der Waals surface area contributed by atoms with Gasteiger partial charge in [-0.2, -0.15) is 0 Å². The van der Waals surface area contributed by atoms with E-state index in [4.69, 9.17) is 5.11 Å². The molecular weight excluding hydrogens is 226 g/mol. The molecule has 0 aliphatic heterocycles. The molecule has 6 heteroatoms. The summed E-state index contributed by atoms with van der Waals surface area (Å²) in [6.07, 6.45) is -4.63. The van der Waals surface area contributed by atoms with E-state index in [-0.39, 0.29) is 18.7 Å². The highest BCUT2D eigenvalue weighted by Gasteiger charge is 2.15. The van der Waals surface area contributed by atoms with E-state index in [1.165, 1.54) is 6.07 Å². The summed E-state index contributed by atoms with van der Waals surface area (Å²) >= 11 is 0. The molecule has 2 nitrogen and oxygen atoms in total. The summed E-state index contributed by atoms with van der Waals surface area (Å²) in [5, 5.41) is 11.2. The molecule has 2 N–H and O–H groups in total. The van der Waals surface area contributed by atoms with Gasteiger partial charge in [-0.15, -0.1) is 0 Å². The van der Waals surface area contributed by atoms with E-state index >= 15 is 0 Å². The average Bonchev–Trinajstić information content (AvgIpc) is 2.20. The lowest BCUT2D eigenvalue weighted by Gasteiger charge is -2.10. The zero-order chi connectivity index (χ0) is 12.1. The van der Waals surface area contributed by atoms with Gasteiger partial charge >= 0.3 is 0 Å². The van der Waals surface area contributed by atoms with Gasteiger partial charge in [0.25, 0.3) is 6.43 Å². The van der Waals surface area contributed by atoms with E-state index in [0.717, 1.165) is 6.07 Å². The Labute approximate surface area is 89.9 Å². The summed E-state index contributed by atoms with van der Waals surface area (Å²) in [5.74, 6) is -1.45. The molecule has 16 heavy (non-hydrogen) atoms. The lowest BCUT2D eigenvalue weighted by atomic mass is 10.2. The molecule has 0 radical (unpaired) electrons. The minimum atomic E-state index is -2.84. The smallest absolute Gasteiger partial charge is 0.265 e. The van der Waals surface area contributed by atoms with E-state index in [2.05, 4.69) is 5.32 Å². The Morgan fingerprint density at radius 2 is 1.94 bits per heavy atom. The van der Waals surface area contributed by atoms with Gasteiger partial charge in [-0.1, -0.05) is 6.07 Å². The molecule has 1 rings (SSSR count). The van der Waals surface area contributed by atoms with Crippen LogP contribution in [0.15, 0.2) is 18.2 Å². The summed E-state index contributed by atoms with van der Waals surface area (Å²) in [5.41, 5.74) is 0.155. The van der Waals surface area contributed by atoms with E-state index in [0.29, 0.717) is 6.07 Å². The number of aliphatic hydroxyl groups excluding tert-OH is 1. The molecule has 0 saturated carbocycles. The van der Waals surface area contributed by atoms with Gasteiger partial charge in [-0.3, -0.25) is 0 Å². The average molecular weight is 237 g/mol. The van der Waals surface area contributed by atoms with Crippen molar-refractivity contribution >= 4 is 0 Å². The molecule has 1 aromatic rings. The van der Waals surface area contributed by atoms with E-state index in [9.17, 15) is 17.6 Å². The monoisotopic (exact) mass is 237 g/mol. The lowest BCUT2D eigenvalue weighted by molar-refractivity contribution is -0.00343. The lowest BCUT2D eigenvalue weighted by Crippen LogP contribution is -2.31. The first-order valence-electron chi connectivity index (χ1n) is 4.61. The Hall–Kier alpha value is -1.14. The zero-order valence-corrected chi connectivity index (χ0v) is 8.26. The molecule has 0 aromatic heterocycles. The van der Waals surface area contributed by atoms with Gasteiger partial charge in [0.05, 0.1) is 0 Å². The Kier molecular flexibility index (Phi) is 4.70. The predicted molar refractivity (Wildman–Crippen MR) is 50.1 cm³/mol. The van der Waals surface area contributed by atoms with Gasteiger partial charge < -0.3 is 10.4 Å². The topological polar surface area (TPSA) is 32.3 Å². The van der Waals surface area contributed by atoms with E-state index in [1.54, 1.807) is 0 Å². The van der Waals surface area contributed by atoms with Crippen LogP contribution in [-0.4, -0.2) is 24.2 Å². The molecule has 0 spiro atoms. The zero-order valence-electron chi connectivity index (χ0n) is 8.26. The summed E-state index contributed by atoms with van der Waals surface area (Å²) in [6.45, 7) is -0.398. The first-order chi connectivity index (χ1) is 7.50. The molecule has 0 aliphatic rings. The van der Waals surface area contributed by atoms with Crippen molar-refractivity contribution in [1.29, 1.82) is 0 Å². The summed E-state index contributed by atoms with van der Waals surface area (Å²) < 4.78 is 49.3. The molecule has 0 aliphatic carbocycles. The van der Waals surface area contributed by atoms with Crippen molar-refractivity contribution in [2.24, 2.45) is 0 Å². The van der Waals surface area contributed by atoms with Crippen LogP contribution in [0.1, 0.15) is 5.56 Å². The largest absolute Gasteiger partial charge is 0.386 e. The van der Waals surface area contributed by atoms with Gasteiger partial charge in [-0.25, -0.2) is 17.6 Å². The minimum absolute atomic E-state index is 0.0457. The molecule has 1 aromatic carbocycles. The molecular formula is C10H11F4NO. The van der Waals surface area contributed by atoms with Crippen LogP contribution in [-0.2, 0) is 6.54 Å². The SMILES string of the molecule is OC(CNCc1ccc(F)cc1F)C(F)F. The molecule has 90 valence electrons. The number of rotatable bonds is 5. The number of alkyl halides is 2. The Morgan fingerprint density at radius 3 is 2.50 bits per heavy atom. The van der Waals surface area contributed by atoms with Crippen molar-refractivity contribution in [2.45, 2.75) is 19.1 Å². The normalized spacial score (nSPS) is 13.1. The van der Waals surface area contributed by atoms with Gasteiger partial charge in [0.1, 0.15) is 17.7 Å². The Balaban J connectivity index is 2.43. The quantitative estimate of drug-likeness (QED) is 0.764. The molecule has 0 bridgehead atoms. The molecule has 0 amide bonds. The fourth-order valence-corrected chi connectivity index (χ4v) is 1.11. The fraction of sp³-hybridized carbons (Fsp3) is 0.400. The van der Waals surface area contributed by atoms with Crippen LogP contribution >= 0.6 is 0 Å². The molecule has 1 unspecified atom stereocenters. The van der Waals surface area contributed by atoms with Crippen molar-refractivity contribution in [1.82, 2.24) is 5.32 Å². The molecule has 0 heterocycles. The van der Waals surface area contributed by atoms with Crippen molar-refractivity contribution in [3.8, 4) is 0 Å². The number of hydrogen-bond donors (Lipinski definition) is 2. The number of halogens is 4. The highest BCUT2D eigenvalue weighted by molar-refractivity contribution is 5.18. The maximum atomic E-state index is 13.0. The number of hydrogen-bond acceptors (Lipinski definition) is 2. The Morgan fingerprint density at radius 1 is 1.25 bits per heavy atom. The molecule has 0 saturated heterocycles. The third-order valence-electron chi connectivity index (χ3n) is 1.97. The fourth-order valence-electron chi connectivity index (χ4n) is 1.11. The van der Waals surface area contributed by atoms with Crippen molar-refractivity contribution in [3.63, 3.8) is 0 Å². The first-order valence-corrected chi connectivity index (χ1v) is 4.61.